The van der Waals surface area contributed by atoms with E-state index < -0.39 is 11.6 Å². The standard InChI is InChI=1S/C7H5F2NS/c8-4-1-2-5(7(10)11)6(9)3-4/h1-3H,(H2,10,11). The fourth-order valence-electron chi connectivity index (χ4n) is 0.689. The molecule has 0 atom stereocenters. The molecule has 2 N–H and O–H groups in total. The second-order valence-corrected chi connectivity index (χ2v) is 2.43. The van der Waals surface area contributed by atoms with Crippen molar-refractivity contribution < 1.29 is 8.78 Å². The molecule has 0 unspecified atom stereocenters. The van der Waals surface area contributed by atoms with E-state index in [-0.39, 0.29) is 10.6 Å². The molecule has 1 aromatic rings. The fraction of sp³-hybridized carbons (Fsp3) is 0. The summed E-state index contributed by atoms with van der Waals surface area (Å²) in [5, 5.41) is 0. The Labute approximate surface area is 67.8 Å². The molecule has 0 spiro atoms. The van der Waals surface area contributed by atoms with Crippen molar-refractivity contribution in [1.82, 2.24) is 0 Å². The van der Waals surface area contributed by atoms with Crippen LogP contribution in [0.25, 0.3) is 0 Å². The molecule has 4 heteroatoms. The van der Waals surface area contributed by atoms with Gasteiger partial charge in [-0.25, -0.2) is 8.78 Å². The predicted octanol–water partition coefficient (Wildman–Crippen LogP) is 1.60. The highest BCUT2D eigenvalue weighted by atomic mass is 32.1. The molecule has 0 aliphatic heterocycles. The SMILES string of the molecule is NC(=S)c1ccc(F)cc1F. The van der Waals surface area contributed by atoms with Gasteiger partial charge in [-0.05, 0) is 12.1 Å². The van der Waals surface area contributed by atoms with Crippen LogP contribution in [0.5, 0.6) is 0 Å². The van der Waals surface area contributed by atoms with E-state index in [4.69, 9.17) is 5.73 Å². The molecule has 1 rings (SSSR count). The summed E-state index contributed by atoms with van der Waals surface area (Å²) in [6.45, 7) is 0. The van der Waals surface area contributed by atoms with Gasteiger partial charge in [0.2, 0.25) is 0 Å². The third-order valence-corrected chi connectivity index (χ3v) is 1.42. The smallest absolute Gasteiger partial charge is 0.136 e. The maximum Gasteiger partial charge on any atom is 0.136 e. The van der Waals surface area contributed by atoms with Gasteiger partial charge in [0.25, 0.3) is 0 Å². The number of thiocarbonyl (C=S) groups is 1. The highest BCUT2D eigenvalue weighted by Gasteiger charge is 2.04. The van der Waals surface area contributed by atoms with Gasteiger partial charge in [-0.3, -0.25) is 0 Å². The van der Waals surface area contributed by atoms with E-state index in [0.717, 1.165) is 12.1 Å². The van der Waals surface area contributed by atoms with Crippen LogP contribution in [-0.2, 0) is 0 Å². The van der Waals surface area contributed by atoms with Crippen molar-refractivity contribution in [1.29, 1.82) is 0 Å². The lowest BCUT2D eigenvalue weighted by Gasteiger charge is -1.98. The summed E-state index contributed by atoms with van der Waals surface area (Å²) < 4.78 is 25.0. The molecule has 58 valence electrons. The number of benzene rings is 1. The van der Waals surface area contributed by atoms with Crippen LogP contribution in [0.3, 0.4) is 0 Å². The lowest BCUT2D eigenvalue weighted by Crippen LogP contribution is -2.11. The molecule has 0 saturated carbocycles. The molecule has 0 radical (unpaired) electrons. The fourth-order valence-corrected chi connectivity index (χ4v) is 0.855. The van der Waals surface area contributed by atoms with Gasteiger partial charge in [0, 0.05) is 11.6 Å². The van der Waals surface area contributed by atoms with E-state index >= 15 is 0 Å². The molecule has 0 aliphatic carbocycles. The molecule has 1 aromatic carbocycles. The van der Waals surface area contributed by atoms with Crippen molar-refractivity contribution in [2.75, 3.05) is 0 Å². The number of halogens is 2. The van der Waals surface area contributed by atoms with E-state index in [2.05, 4.69) is 12.2 Å². The quantitative estimate of drug-likeness (QED) is 0.653. The first-order chi connectivity index (χ1) is 5.11. The zero-order chi connectivity index (χ0) is 8.43. The van der Waals surface area contributed by atoms with E-state index in [1.54, 1.807) is 0 Å². The summed E-state index contributed by atoms with van der Waals surface area (Å²) in [4.78, 5) is -0.0671. The van der Waals surface area contributed by atoms with Crippen LogP contribution in [-0.4, -0.2) is 4.99 Å². The van der Waals surface area contributed by atoms with Crippen LogP contribution >= 0.6 is 12.2 Å². The summed E-state index contributed by atoms with van der Waals surface area (Å²) in [5.41, 5.74) is 5.20. The summed E-state index contributed by atoms with van der Waals surface area (Å²) in [5.74, 6) is -1.36. The van der Waals surface area contributed by atoms with Crippen molar-refractivity contribution in [2.24, 2.45) is 5.73 Å². The Kier molecular flexibility index (Phi) is 2.14. The minimum Gasteiger partial charge on any atom is -0.389 e. The van der Waals surface area contributed by atoms with Gasteiger partial charge in [0.05, 0.1) is 0 Å². The Hall–Kier alpha value is -1.03. The summed E-state index contributed by atoms with van der Waals surface area (Å²) in [6.07, 6.45) is 0. The summed E-state index contributed by atoms with van der Waals surface area (Å²) in [6, 6.07) is 3.07. The molecule has 0 amide bonds. The zero-order valence-corrected chi connectivity index (χ0v) is 6.29. The van der Waals surface area contributed by atoms with Crippen LogP contribution in [0.4, 0.5) is 8.78 Å². The topological polar surface area (TPSA) is 26.0 Å². The first-order valence-corrected chi connectivity index (χ1v) is 3.27. The normalized spacial score (nSPS) is 9.64. The lowest BCUT2D eigenvalue weighted by atomic mass is 10.2. The number of hydrogen-bond donors (Lipinski definition) is 1. The number of rotatable bonds is 1. The second kappa shape index (κ2) is 2.92. The van der Waals surface area contributed by atoms with Gasteiger partial charge >= 0.3 is 0 Å². The lowest BCUT2D eigenvalue weighted by molar-refractivity contribution is 0.582. The van der Waals surface area contributed by atoms with E-state index in [0.29, 0.717) is 0 Å². The molecule has 0 bridgehead atoms. The van der Waals surface area contributed by atoms with Crippen molar-refractivity contribution in [2.45, 2.75) is 0 Å². The van der Waals surface area contributed by atoms with Crippen molar-refractivity contribution >= 4 is 17.2 Å². The molecule has 0 fully saturated rings. The van der Waals surface area contributed by atoms with Gasteiger partial charge < -0.3 is 5.73 Å². The third kappa shape index (κ3) is 1.71. The van der Waals surface area contributed by atoms with Crippen LogP contribution in [0.1, 0.15) is 5.56 Å². The van der Waals surface area contributed by atoms with Crippen LogP contribution < -0.4 is 5.73 Å². The predicted molar refractivity (Wildman–Crippen MR) is 42.2 cm³/mol. The first-order valence-electron chi connectivity index (χ1n) is 2.86. The number of hydrogen-bond acceptors (Lipinski definition) is 1. The van der Waals surface area contributed by atoms with Gasteiger partial charge in [-0.2, -0.15) is 0 Å². The molecular formula is C7H5F2NS. The monoisotopic (exact) mass is 173 g/mol. The van der Waals surface area contributed by atoms with E-state index in [1.165, 1.54) is 6.07 Å². The van der Waals surface area contributed by atoms with Crippen LogP contribution in [0.15, 0.2) is 18.2 Å². The molecule has 0 saturated heterocycles. The maximum atomic E-state index is 12.7. The third-order valence-electron chi connectivity index (χ3n) is 1.20. The van der Waals surface area contributed by atoms with Gasteiger partial charge in [0.1, 0.15) is 16.6 Å². The first kappa shape index (κ1) is 8.07. The average molecular weight is 173 g/mol. The molecule has 0 aromatic heterocycles. The van der Waals surface area contributed by atoms with E-state index in [9.17, 15) is 8.78 Å². The second-order valence-electron chi connectivity index (χ2n) is 1.99. The highest BCUT2D eigenvalue weighted by Crippen LogP contribution is 2.08. The van der Waals surface area contributed by atoms with Crippen molar-refractivity contribution in [3.8, 4) is 0 Å². The number of nitrogens with two attached hydrogens (primary N) is 1. The Morgan fingerprint density at radius 2 is 2.00 bits per heavy atom. The van der Waals surface area contributed by atoms with E-state index in [1.807, 2.05) is 0 Å². The Balaban J connectivity index is 3.20. The zero-order valence-electron chi connectivity index (χ0n) is 5.47. The Morgan fingerprint density at radius 3 is 2.45 bits per heavy atom. The minimum atomic E-state index is -0.725. The highest BCUT2D eigenvalue weighted by molar-refractivity contribution is 7.80. The molecule has 1 nitrogen and oxygen atoms in total. The van der Waals surface area contributed by atoms with Crippen LogP contribution in [0.2, 0.25) is 0 Å². The molecule has 0 heterocycles. The molecule has 0 aliphatic rings. The van der Waals surface area contributed by atoms with Gasteiger partial charge in [0.15, 0.2) is 0 Å². The van der Waals surface area contributed by atoms with Crippen LogP contribution in [0, 0.1) is 11.6 Å². The maximum absolute atomic E-state index is 12.7. The molecule has 11 heavy (non-hydrogen) atoms. The van der Waals surface area contributed by atoms with Gasteiger partial charge in [-0.1, -0.05) is 12.2 Å². The van der Waals surface area contributed by atoms with Crippen molar-refractivity contribution in [3.63, 3.8) is 0 Å². The Morgan fingerprint density at radius 1 is 1.36 bits per heavy atom. The van der Waals surface area contributed by atoms with Crippen molar-refractivity contribution in [3.05, 3.63) is 35.4 Å². The Bertz CT molecular complexity index is 298. The largest absolute Gasteiger partial charge is 0.389 e. The average Bonchev–Trinajstić information content (AvgIpc) is 1.85. The summed E-state index contributed by atoms with van der Waals surface area (Å²) in [7, 11) is 0. The molecular weight excluding hydrogens is 168 g/mol. The minimum absolute atomic E-state index is 0.0671. The van der Waals surface area contributed by atoms with Gasteiger partial charge in [-0.15, -0.1) is 0 Å². The summed E-state index contributed by atoms with van der Waals surface area (Å²) >= 11 is 4.51.